The van der Waals surface area contributed by atoms with Gasteiger partial charge in [0.25, 0.3) is 0 Å². The van der Waals surface area contributed by atoms with E-state index in [1.807, 2.05) is 35.2 Å². The minimum atomic E-state index is -0.398. The Labute approximate surface area is 163 Å². The summed E-state index contributed by atoms with van der Waals surface area (Å²) >= 11 is 0. The first-order valence-electron chi connectivity index (χ1n) is 9.51. The van der Waals surface area contributed by atoms with Gasteiger partial charge >= 0.3 is 6.09 Å². The third-order valence-corrected chi connectivity index (χ3v) is 5.50. The van der Waals surface area contributed by atoms with Crippen molar-refractivity contribution in [3.05, 3.63) is 82.7 Å². The molecule has 0 N–H and O–H groups in total. The Morgan fingerprint density at radius 2 is 2.04 bits per heavy atom. The number of nitriles is 1. The summed E-state index contributed by atoms with van der Waals surface area (Å²) in [4.78, 5) is 14.5. The Balaban J connectivity index is 1.44. The normalized spacial score (nSPS) is 20.4. The van der Waals surface area contributed by atoms with Crippen LogP contribution < -0.4 is 0 Å². The minimum absolute atomic E-state index is 0.0306. The third-order valence-electron chi connectivity index (χ3n) is 5.50. The molecule has 0 radical (unpaired) electrons. The summed E-state index contributed by atoms with van der Waals surface area (Å²) in [5.41, 5.74) is 3.37. The van der Waals surface area contributed by atoms with E-state index in [9.17, 15) is 14.4 Å². The molecule has 1 fully saturated rings. The van der Waals surface area contributed by atoms with Crippen LogP contribution in [-0.2, 0) is 17.8 Å². The molecule has 0 aliphatic carbocycles. The average molecular weight is 376 g/mol. The number of benzene rings is 2. The average Bonchev–Trinajstić information content (AvgIpc) is 2.99. The second-order valence-corrected chi connectivity index (χ2v) is 7.37. The van der Waals surface area contributed by atoms with E-state index in [1.54, 1.807) is 6.07 Å². The summed E-state index contributed by atoms with van der Waals surface area (Å²) in [6.45, 7) is 0.271. The van der Waals surface area contributed by atoms with Crippen LogP contribution in [0.4, 0.5) is 9.18 Å². The molecule has 2 bridgehead atoms. The molecule has 142 valence electrons. The number of hydrogen-bond acceptors (Lipinski definition) is 3. The first-order chi connectivity index (χ1) is 13.6. The van der Waals surface area contributed by atoms with Crippen LogP contribution in [0.15, 0.2) is 60.2 Å². The van der Waals surface area contributed by atoms with Crippen molar-refractivity contribution in [2.45, 2.75) is 44.4 Å². The van der Waals surface area contributed by atoms with Gasteiger partial charge in [0.05, 0.1) is 17.7 Å². The van der Waals surface area contributed by atoms with Gasteiger partial charge in [-0.25, -0.2) is 9.18 Å². The maximum absolute atomic E-state index is 13.4. The van der Waals surface area contributed by atoms with Crippen LogP contribution in [0.1, 0.15) is 36.0 Å². The van der Waals surface area contributed by atoms with Crippen LogP contribution in [0.25, 0.3) is 0 Å². The molecular formula is C23H21FN2O2. The quantitative estimate of drug-likeness (QED) is 0.724. The molecule has 28 heavy (non-hydrogen) atoms. The second kappa shape index (κ2) is 7.85. The lowest BCUT2D eigenvalue weighted by Crippen LogP contribution is -2.43. The molecular weight excluding hydrogens is 355 g/mol. The van der Waals surface area contributed by atoms with Gasteiger partial charge in [0.15, 0.2) is 0 Å². The fraction of sp³-hybridized carbons (Fsp3) is 0.304. The van der Waals surface area contributed by atoms with Crippen LogP contribution in [0, 0.1) is 17.1 Å². The van der Waals surface area contributed by atoms with Gasteiger partial charge < -0.3 is 4.74 Å². The van der Waals surface area contributed by atoms with Gasteiger partial charge in [-0.05, 0) is 48.9 Å². The Kier molecular flexibility index (Phi) is 5.12. The molecule has 2 atom stereocenters. The molecule has 2 aliphatic heterocycles. The van der Waals surface area contributed by atoms with E-state index < -0.39 is 5.82 Å². The van der Waals surface area contributed by atoms with Gasteiger partial charge in [0.2, 0.25) is 0 Å². The van der Waals surface area contributed by atoms with Crippen LogP contribution in [0.3, 0.4) is 0 Å². The van der Waals surface area contributed by atoms with Gasteiger partial charge in [-0.2, -0.15) is 5.26 Å². The van der Waals surface area contributed by atoms with Crippen molar-refractivity contribution in [2.24, 2.45) is 0 Å². The lowest BCUT2D eigenvalue weighted by Gasteiger charge is -2.33. The maximum Gasteiger partial charge on any atom is 0.410 e. The van der Waals surface area contributed by atoms with Gasteiger partial charge in [-0.3, -0.25) is 4.90 Å². The molecule has 2 aliphatic rings. The summed E-state index contributed by atoms with van der Waals surface area (Å²) in [5, 5.41) is 9.25. The predicted octanol–water partition coefficient (Wildman–Crippen LogP) is 4.74. The molecule has 2 aromatic carbocycles. The number of carbonyl (C=O) groups excluding carboxylic acids is 1. The molecule has 5 heteroatoms. The van der Waals surface area contributed by atoms with Crippen molar-refractivity contribution in [3.8, 4) is 6.07 Å². The van der Waals surface area contributed by atoms with E-state index in [1.165, 1.54) is 17.7 Å². The number of hydrogen-bond donors (Lipinski definition) is 0. The first-order valence-corrected chi connectivity index (χ1v) is 9.51. The largest absolute Gasteiger partial charge is 0.445 e. The SMILES string of the molecule is N#Cc1cc(F)ccc1CC1=CC2CCC(C1)N2C(=O)OCc1ccccc1. The highest BCUT2D eigenvalue weighted by atomic mass is 19.1. The molecule has 2 heterocycles. The number of halogens is 1. The van der Waals surface area contributed by atoms with Gasteiger partial charge in [-0.1, -0.05) is 48.0 Å². The summed E-state index contributed by atoms with van der Waals surface area (Å²) in [5.74, 6) is -0.398. The first kappa shape index (κ1) is 18.2. The van der Waals surface area contributed by atoms with Crippen LogP contribution in [-0.4, -0.2) is 23.1 Å². The third kappa shape index (κ3) is 3.77. The van der Waals surface area contributed by atoms with Gasteiger partial charge in [-0.15, -0.1) is 0 Å². The summed E-state index contributed by atoms with van der Waals surface area (Å²) in [7, 11) is 0. The number of amides is 1. The molecule has 2 aromatic rings. The minimum Gasteiger partial charge on any atom is -0.445 e. The molecule has 2 unspecified atom stereocenters. The van der Waals surface area contributed by atoms with Crippen molar-refractivity contribution in [1.29, 1.82) is 5.26 Å². The van der Waals surface area contributed by atoms with Crippen LogP contribution in [0.2, 0.25) is 0 Å². The molecule has 0 saturated carbocycles. The highest BCUT2D eigenvalue weighted by Gasteiger charge is 2.40. The fourth-order valence-corrected chi connectivity index (χ4v) is 4.18. The Bertz CT molecular complexity index is 949. The zero-order valence-electron chi connectivity index (χ0n) is 15.5. The van der Waals surface area contributed by atoms with E-state index in [2.05, 4.69) is 12.1 Å². The zero-order valence-corrected chi connectivity index (χ0v) is 15.5. The molecule has 0 spiro atoms. The van der Waals surface area contributed by atoms with Gasteiger partial charge in [0, 0.05) is 6.04 Å². The fourth-order valence-electron chi connectivity index (χ4n) is 4.18. The Morgan fingerprint density at radius 3 is 2.79 bits per heavy atom. The standard InChI is InChI=1S/C23H21FN2O2/c24-20-7-6-18(19(13-20)14-25)10-17-11-21-8-9-22(12-17)26(21)23(27)28-15-16-4-2-1-3-5-16/h1-7,11,13,21-22H,8-10,12,15H2. The highest BCUT2D eigenvalue weighted by molar-refractivity contribution is 5.70. The van der Waals surface area contributed by atoms with Crippen molar-refractivity contribution < 1.29 is 13.9 Å². The summed E-state index contributed by atoms with van der Waals surface area (Å²) in [6, 6.07) is 16.2. The lowest BCUT2D eigenvalue weighted by molar-refractivity contribution is 0.0815. The van der Waals surface area contributed by atoms with E-state index in [-0.39, 0.29) is 24.8 Å². The summed E-state index contributed by atoms with van der Waals surface area (Å²) < 4.78 is 18.9. The highest BCUT2D eigenvalue weighted by Crippen LogP contribution is 2.36. The molecule has 4 rings (SSSR count). The van der Waals surface area contributed by atoms with E-state index in [0.29, 0.717) is 12.0 Å². The van der Waals surface area contributed by atoms with E-state index in [4.69, 9.17) is 4.74 Å². The number of rotatable bonds is 4. The van der Waals surface area contributed by atoms with E-state index in [0.717, 1.165) is 30.4 Å². The van der Waals surface area contributed by atoms with E-state index >= 15 is 0 Å². The molecule has 1 saturated heterocycles. The molecule has 4 nitrogen and oxygen atoms in total. The lowest BCUT2D eigenvalue weighted by atomic mass is 9.93. The molecule has 1 amide bonds. The van der Waals surface area contributed by atoms with Crippen molar-refractivity contribution in [1.82, 2.24) is 4.90 Å². The number of carbonyl (C=O) groups is 1. The maximum atomic E-state index is 13.4. The van der Waals surface area contributed by atoms with Crippen molar-refractivity contribution in [2.75, 3.05) is 0 Å². The number of nitrogens with zero attached hydrogens (tertiary/aromatic N) is 2. The number of fused-ring (bicyclic) bond motifs is 2. The topological polar surface area (TPSA) is 53.3 Å². The van der Waals surface area contributed by atoms with Crippen LogP contribution in [0.5, 0.6) is 0 Å². The van der Waals surface area contributed by atoms with Crippen LogP contribution >= 0.6 is 0 Å². The smallest absolute Gasteiger partial charge is 0.410 e. The number of ether oxygens (including phenoxy) is 1. The van der Waals surface area contributed by atoms with Crippen molar-refractivity contribution >= 4 is 6.09 Å². The Morgan fingerprint density at radius 1 is 1.21 bits per heavy atom. The predicted molar refractivity (Wildman–Crippen MR) is 103 cm³/mol. The molecule has 0 aromatic heterocycles. The Hall–Kier alpha value is -3.13. The summed E-state index contributed by atoms with van der Waals surface area (Å²) in [6.07, 6.45) is 5.09. The van der Waals surface area contributed by atoms with Crippen molar-refractivity contribution in [3.63, 3.8) is 0 Å². The van der Waals surface area contributed by atoms with Gasteiger partial charge in [0.1, 0.15) is 12.4 Å². The second-order valence-electron chi connectivity index (χ2n) is 7.37. The zero-order chi connectivity index (χ0) is 19.5. The monoisotopic (exact) mass is 376 g/mol.